The van der Waals surface area contributed by atoms with Crippen LogP contribution in [-0.2, 0) is 14.3 Å². The maximum Gasteiger partial charge on any atom is 0.407 e. The number of anilines is 2. The molecule has 0 bridgehead atoms. The normalized spacial score (nSPS) is 11.6. The van der Waals surface area contributed by atoms with E-state index in [0.717, 1.165) is 38.4 Å². The highest BCUT2D eigenvalue weighted by molar-refractivity contribution is 7.08. The molecular weight excluding hydrogens is 772 g/mol. The van der Waals surface area contributed by atoms with E-state index in [2.05, 4.69) is 52.8 Å². The molecule has 296 valence electrons. The molecule has 0 aliphatic heterocycles. The van der Waals surface area contributed by atoms with Crippen LogP contribution in [0.4, 0.5) is 16.2 Å². The first-order chi connectivity index (χ1) is 26.0. The summed E-state index contributed by atoms with van der Waals surface area (Å²) < 4.78 is 7.86. The topological polar surface area (TPSA) is 209 Å². The summed E-state index contributed by atoms with van der Waals surface area (Å²) in [6.45, 7) is 5.83. The van der Waals surface area contributed by atoms with Crippen molar-refractivity contribution in [2.45, 2.75) is 53.1 Å². The molecule has 3 amide bonds. The van der Waals surface area contributed by atoms with Crippen LogP contribution in [0, 0.1) is 5.53 Å². The van der Waals surface area contributed by atoms with Crippen molar-refractivity contribution in [1.29, 1.82) is 5.53 Å². The second kappa shape index (κ2) is 23.3. The predicted molar refractivity (Wildman–Crippen MR) is 227 cm³/mol. The number of halogens is 1. The van der Waals surface area contributed by atoms with E-state index >= 15 is 0 Å². The predicted octanol–water partition coefficient (Wildman–Crippen LogP) is 10.3. The summed E-state index contributed by atoms with van der Waals surface area (Å²) in [5.41, 5.74) is 14.3. The number of carbonyl (C=O) groups is 3. The SMILES string of the molecule is C.C.CC(C)(C)OC(=O)NCC(C(=O)Nc1ccc2cnccc2c1)c1ccsc1.N=NN=NCl.NCC(C(=O)Nc1ccc2cnccc2c1)c1ccsc1. The summed E-state index contributed by atoms with van der Waals surface area (Å²) in [5, 5.41) is 25.5. The number of alkyl carbamates (subject to hydrolysis) is 1. The van der Waals surface area contributed by atoms with Crippen molar-refractivity contribution in [2.24, 2.45) is 20.8 Å². The fourth-order valence-electron chi connectivity index (χ4n) is 5.00. The Kier molecular flexibility index (Phi) is 19.3. The van der Waals surface area contributed by atoms with E-state index in [1.165, 1.54) is 11.3 Å². The molecule has 4 aromatic heterocycles. The first-order valence-electron chi connectivity index (χ1n) is 16.4. The lowest BCUT2D eigenvalue weighted by molar-refractivity contribution is -0.118. The molecule has 6 N–H and O–H groups in total. The number of amides is 3. The third kappa shape index (κ3) is 14.5. The number of nitrogens with one attached hydrogen (secondary N) is 4. The number of rotatable bonds is 10. The van der Waals surface area contributed by atoms with Crippen LogP contribution in [0.3, 0.4) is 0 Å². The number of ether oxygens (including phenoxy) is 1. The van der Waals surface area contributed by atoms with Crippen molar-refractivity contribution in [2.75, 3.05) is 23.7 Å². The molecule has 2 atom stereocenters. The number of nitrogens with two attached hydrogens (primary N) is 1. The van der Waals surface area contributed by atoms with Gasteiger partial charge >= 0.3 is 6.09 Å². The van der Waals surface area contributed by atoms with Crippen molar-refractivity contribution >= 4 is 85.3 Å². The lowest BCUT2D eigenvalue weighted by Gasteiger charge is -2.21. The third-order valence-electron chi connectivity index (χ3n) is 7.50. The van der Waals surface area contributed by atoms with Crippen LogP contribution < -0.4 is 21.7 Å². The summed E-state index contributed by atoms with van der Waals surface area (Å²) in [6.07, 6.45) is 6.49. The molecule has 0 aliphatic carbocycles. The van der Waals surface area contributed by atoms with Crippen molar-refractivity contribution < 1.29 is 19.1 Å². The number of hydrogen-bond acceptors (Lipinski definition) is 11. The molecule has 6 rings (SSSR count). The average molecular weight is 819 g/mol. The van der Waals surface area contributed by atoms with Crippen LogP contribution in [0.5, 0.6) is 0 Å². The van der Waals surface area contributed by atoms with Gasteiger partial charge in [0, 0.05) is 60.0 Å². The number of nitrogens with zero attached hydrogens (tertiary/aromatic N) is 5. The zero-order chi connectivity index (χ0) is 38.9. The molecular formula is C39H47ClN10O4S2. The Morgan fingerprint density at radius 1 is 0.804 bits per heavy atom. The monoisotopic (exact) mass is 818 g/mol. The minimum atomic E-state index is -0.593. The van der Waals surface area contributed by atoms with Gasteiger partial charge in [0.15, 0.2) is 0 Å². The van der Waals surface area contributed by atoms with Crippen LogP contribution in [0.15, 0.2) is 122 Å². The van der Waals surface area contributed by atoms with Gasteiger partial charge in [0.05, 0.1) is 23.6 Å². The number of carbonyl (C=O) groups excluding carboxylic acids is 3. The van der Waals surface area contributed by atoms with E-state index in [4.69, 9.17) is 16.0 Å². The van der Waals surface area contributed by atoms with Gasteiger partial charge in [0.2, 0.25) is 11.8 Å². The molecule has 6 aromatic rings. The Labute approximate surface area is 339 Å². The first kappa shape index (κ1) is 46.5. The standard InChI is InChI=1S/C21H23N3O3S.C16H15N3OS.2CH4.ClHN4/c1-21(2,3)27-20(26)23-12-18(16-7-9-28-13-16)19(25)24-17-5-4-15-11-22-8-6-14(15)10-17;17-8-15(13-4-6-21-10-13)16(20)19-14-2-1-12-9-18-5-3-11(12)7-14;;;1-3-5-4-2/h4-11,13,18H,12H2,1-3H3,(H,23,26)(H,24,25);1-7,9-10,15H,8,17H2,(H,19,20);2*1H4;2H. The van der Waals surface area contributed by atoms with Gasteiger partial charge in [-0.25, -0.2) is 4.79 Å². The van der Waals surface area contributed by atoms with Gasteiger partial charge in [-0.3, -0.25) is 19.6 Å². The van der Waals surface area contributed by atoms with Crippen LogP contribution in [0.1, 0.15) is 58.6 Å². The molecule has 4 heterocycles. The molecule has 0 aliphatic rings. The Bertz CT molecular complexity index is 2160. The number of fused-ring (bicyclic) bond motifs is 2. The highest BCUT2D eigenvalue weighted by atomic mass is 35.5. The van der Waals surface area contributed by atoms with Crippen molar-refractivity contribution in [1.82, 2.24) is 15.3 Å². The number of benzene rings is 2. The Hall–Kier alpha value is -5.68. The second-order valence-corrected chi connectivity index (χ2v) is 14.2. The number of thiophene rings is 2. The molecule has 56 heavy (non-hydrogen) atoms. The summed E-state index contributed by atoms with van der Waals surface area (Å²) in [4.78, 5) is 45.5. The molecule has 0 radical (unpaired) electrons. The number of pyridine rings is 2. The van der Waals surface area contributed by atoms with E-state index in [9.17, 15) is 14.4 Å². The molecule has 0 saturated heterocycles. The fourth-order valence-corrected chi connectivity index (χ4v) is 6.46. The summed E-state index contributed by atoms with van der Waals surface area (Å²) in [6, 6.07) is 19.1. The van der Waals surface area contributed by atoms with E-state index in [0.29, 0.717) is 12.2 Å². The van der Waals surface area contributed by atoms with E-state index in [1.807, 2.05) is 82.2 Å². The summed E-state index contributed by atoms with van der Waals surface area (Å²) in [5.74, 6) is -1.11. The summed E-state index contributed by atoms with van der Waals surface area (Å²) >= 11 is 7.62. The number of aromatic nitrogens is 2. The van der Waals surface area contributed by atoms with Gasteiger partial charge in [0.1, 0.15) is 5.60 Å². The van der Waals surface area contributed by atoms with Crippen molar-refractivity contribution in [3.05, 3.63) is 118 Å². The maximum atomic E-state index is 12.9. The lowest BCUT2D eigenvalue weighted by atomic mass is 10.0. The van der Waals surface area contributed by atoms with Crippen LogP contribution in [0.25, 0.3) is 21.5 Å². The van der Waals surface area contributed by atoms with E-state index in [-0.39, 0.29) is 39.1 Å². The second-order valence-electron chi connectivity index (χ2n) is 12.5. The molecule has 14 nitrogen and oxygen atoms in total. The highest BCUT2D eigenvalue weighted by Gasteiger charge is 2.24. The van der Waals surface area contributed by atoms with Gasteiger partial charge in [0.25, 0.3) is 0 Å². The smallest absolute Gasteiger partial charge is 0.407 e. The summed E-state index contributed by atoms with van der Waals surface area (Å²) in [7, 11) is 0. The Balaban J connectivity index is 0.000000343. The van der Waals surface area contributed by atoms with E-state index in [1.54, 1.807) is 56.9 Å². The van der Waals surface area contributed by atoms with E-state index < -0.39 is 17.6 Å². The lowest BCUT2D eigenvalue weighted by Crippen LogP contribution is -2.37. The molecule has 0 saturated carbocycles. The Morgan fingerprint density at radius 3 is 1.71 bits per heavy atom. The quantitative estimate of drug-likeness (QED) is 0.0666. The minimum absolute atomic E-state index is 0. The maximum absolute atomic E-state index is 12.9. The molecule has 17 heteroatoms. The van der Waals surface area contributed by atoms with Crippen LogP contribution >= 0.6 is 34.5 Å². The molecule has 2 aromatic carbocycles. The van der Waals surface area contributed by atoms with Gasteiger partial charge in [-0.15, -0.1) is 0 Å². The zero-order valence-electron chi connectivity index (χ0n) is 29.6. The van der Waals surface area contributed by atoms with Crippen molar-refractivity contribution in [3.63, 3.8) is 0 Å². The largest absolute Gasteiger partial charge is 0.444 e. The third-order valence-corrected chi connectivity index (χ3v) is 8.97. The fraction of sp³-hybridized carbons (Fsp3) is 0.256. The van der Waals surface area contributed by atoms with Crippen LogP contribution in [0.2, 0.25) is 0 Å². The zero-order valence-corrected chi connectivity index (χ0v) is 32.0. The van der Waals surface area contributed by atoms with Crippen molar-refractivity contribution in [3.8, 4) is 0 Å². The molecule has 2 unspecified atom stereocenters. The first-order valence-corrected chi connectivity index (χ1v) is 18.6. The van der Waals surface area contributed by atoms with Gasteiger partial charge in [-0.1, -0.05) is 31.6 Å². The Morgan fingerprint density at radius 2 is 1.30 bits per heavy atom. The minimum Gasteiger partial charge on any atom is -0.444 e. The average Bonchev–Trinajstić information content (AvgIpc) is 3.88. The van der Waals surface area contributed by atoms with Gasteiger partial charge in [-0.2, -0.15) is 28.2 Å². The van der Waals surface area contributed by atoms with Crippen LogP contribution in [-0.4, -0.2) is 46.6 Å². The highest BCUT2D eigenvalue weighted by Crippen LogP contribution is 2.24. The molecule has 0 fully saturated rings. The van der Waals surface area contributed by atoms with Gasteiger partial charge in [-0.05, 0) is 123 Å². The van der Waals surface area contributed by atoms with Gasteiger partial charge < -0.3 is 26.4 Å². The molecule has 0 spiro atoms. The number of hydrogen-bond donors (Lipinski definition) is 5.